The average molecular weight is 286 g/mol. The van der Waals surface area contributed by atoms with Gasteiger partial charge in [0.15, 0.2) is 5.79 Å². The summed E-state index contributed by atoms with van der Waals surface area (Å²) in [7, 11) is 0. The van der Waals surface area contributed by atoms with E-state index in [1.807, 2.05) is 6.92 Å². The maximum absolute atomic E-state index is 10.5. The zero-order valence-electron chi connectivity index (χ0n) is 14.5. The standard InChI is InChI=1S/C18H38O2/c1-6-11-12-13-14-15-16(7-2)17(8-3,9-4)18(19,20)10-5/h16,19-20H,6-15H2,1-5H3. The van der Waals surface area contributed by atoms with E-state index in [9.17, 15) is 10.2 Å². The Morgan fingerprint density at radius 2 is 1.30 bits per heavy atom. The van der Waals surface area contributed by atoms with Crippen molar-refractivity contribution in [1.29, 1.82) is 0 Å². The van der Waals surface area contributed by atoms with Crippen molar-refractivity contribution in [3.63, 3.8) is 0 Å². The van der Waals surface area contributed by atoms with E-state index >= 15 is 0 Å². The third kappa shape index (κ3) is 4.73. The first kappa shape index (κ1) is 19.9. The highest BCUT2D eigenvalue weighted by Gasteiger charge is 2.49. The lowest BCUT2D eigenvalue weighted by molar-refractivity contribution is -0.266. The molecule has 2 N–H and O–H groups in total. The Morgan fingerprint density at radius 1 is 0.750 bits per heavy atom. The minimum Gasteiger partial charge on any atom is -0.365 e. The molecule has 0 aromatic heterocycles. The van der Waals surface area contributed by atoms with E-state index in [1.54, 1.807) is 0 Å². The summed E-state index contributed by atoms with van der Waals surface area (Å²) in [5, 5.41) is 21.1. The maximum Gasteiger partial charge on any atom is 0.168 e. The molecule has 0 saturated carbocycles. The molecule has 0 spiro atoms. The van der Waals surface area contributed by atoms with Crippen molar-refractivity contribution in [2.24, 2.45) is 11.3 Å². The van der Waals surface area contributed by atoms with Crippen LogP contribution in [0.4, 0.5) is 0 Å². The van der Waals surface area contributed by atoms with Gasteiger partial charge in [-0.2, -0.15) is 0 Å². The average Bonchev–Trinajstić information content (AvgIpc) is 2.46. The van der Waals surface area contributed by atoms with Gasteiger partial charge in [0.05, 0.1) is 0 Å². The molecule has 20 heavy (non-hydrogen) atoms. The minimum atomic E-state index is -1.53. The molecule has 0 aromatic rings. The van der Waals surface area contributed by atoms with Crippen LogP contribution in [0.3, 0.4) is 0 Å². The lowest BCUT2D eigenvalue weighted by Gasteiger charge is -2.48. The van der Waals surface area contributed by atoms with Gasteiger partial charge in [0.25, 0.3) is 0 Å². The van der Waals surface area contributed by atoms with E-state index < -0.39 is 5.79 Å². The second kappa shape index (κ2) is 9.78. The number of unbranched alkanes of at least 4 members (excludes halogenated alkanes) is 4. The first-order valence-electron chi connectivity index (χ1n) is 8.90. The molecule has 0 saturated heterocycles. The molecule has 2 nitrogen and oxygen atoms in total. The van der Waals surface area contributed by atoms with Gasteiger partial charge in [-0.05, 0) is 31.6 Å². The lowest BCUT2D eigenvalue weighted by atomic mass is 9.62. The second-order valence-electron chi connectivity index (χ2n) is 6.34. The third-order valence-corrected chi connectivity index (χ3v) is 5.48. The van der Waals surface area contributed by atoms with E-state index in [0.717, 1.165) is 25.7 Å². The van der Waals surface area contributed by atoms with Crippen molar-refractivity contribution in [1.82, 2.24) is 0 Å². The molecule has 122 valence electrons. The molecule has 0 heterocycles. The molecular weight excluding hydrogens is 248 g/mol. The van der Waals surface area contributed by atoms with E-state index in [2.05, 4.69) is 27.7 Å². The molecule has 0 rings (SSSR count). The Balaban J connectivity index is 4.76. The smallest absolute Gasteiger partial charge is 0.168 e. The molecule has 0 aliphatic carbocycles. The van der Waals surface area contributed by atoms with Gasteiger partial charge < -0.3 is 10.2 Å². The number of hydrogen-bond donors (Lipinski definition) is 2. The van der Waals surface area contributed by atoms with Gasteiger partial charge >= 0.3 is 0 Å². The van der Waals surface area contributed by atoms with Crippen LogP contribution in [-0.4, -0.2) is 16.0 Å². The van der Waals surface area contributed by atoms with Gasteiger partial charge in [0.1, 0.15) is 0 Å². The molecule has 1 unspecified atom stereocenters. The number of hydrogen-bond acceptors (Lipinski definition) is 2. The van der Waals surface area contributed by atoms with Crippen molar-refractivity contribution >= 4 is 0 Å². The summed E-state index contributed by atoms with van der Waals surface area (Å²) in [5.74, 6) is -1.12. The Bertz CT molecular complexity index is 232. The summed E-state index contributed by atoms with van der Waals surface area (Å²) in [6, 6.07) is 0. The lowest BCUT2D eigenvalue weighted by Crippen LogP contribution is -2.51. The van der Waals surface area contributed by atoms with Gasteiger partial charge in [0.2, 0.25) is 0 Å². The van der Waals surface area contributed by atoms with Crippen LogP contribution in [-0.2, 0) is 0 Å². The first-order chi connectivity index (χ1) is 9.45. The molecule has 1 atom stereocenters. The van der Waals surface area contributed by atoms with Crippen LogP contribution in [0.1, 0.15) is 98.8 Å². The molecule has 0 radical (unpaired) electrons. The summed E-state index contributed by atoms with van der Waals surface area (Å²) in [6.07, 6.45) is 10.7. The highest BCUT2D eigenvalue weighted by atomic mass is 16.5. The molecule has 0 aromatic carbocycles. The first-order valence-corrected chi connectivity index (χ1v) is 8.90. The quantitative estimate of drug-likeness (QED) is 0.379. The molecule has 0 aliphatic rings. The third-order valence-electron chi connectivity index (χ3n) is 5.48. The van der Waals surface area contributed by atoms with E-state index in [4.69, 9.17) is 0 Å². The zero-order valence-corrected chi connectivity index (χ0v) is 14.5. The van der Waals surface area contributed by atoms with Crippen LogP contribution in [0.2, 0.25) is 0 Å². The predicted octanol–water partition coefficient (Wildman–Crippen LogP) is 5.27. The Hall–Kier alpha value is -0.0800. The van der Waals surface area contributed by atoms with Gasteiger partial charge in [0, 0.05) is 5.41 Å². The van der Waals surface area contributed by atoms with E-state index in [0.29, 0.717) is 12.3 Å². The summed E-state index contributed by atoms with van der Waals surface area (Å²) in [6.45, 7) is 10.5. The molecule has 0 amide bonds. The summed E-state index contributed by atoms with van der Waals surface area (Å²) >= 11 is 0. The van der Waals surface area contributed by atoms with Gasteiger partial charge in [-0.3, -0.25) is 0 Å². The van der Waals surface area contributed by atoms with Crippen molar-refractivity contribution in [2.45, 2.75) is 105 Å². The van der Waals surface area contributed by atoms with E-state index in [-0.39, 0.29) is 5.41 Å². The number of rotatable bonds is 12. The highest BCUT2D eigenvalue weighted by molar-refractivity contribution is 4.94. The van der Waals surface area contributed by atoms with Gasteiger partial charge in [-0.15, -0.1) is 0 Å². The highest BCUT2D eigenvalue weighted by Crippen LogP contribution is 2.48. The van der Waals surface area contributed by atoms with Crippen LogP contribution >= 0.6 is 0 Å². The monoisotopic (exact) mass is 286 g/mol. The van der Waals surface area contributed by atoms with Crippen LogP contribution in [0.15, 0.2) is 0 Å². The van der Waals surface area contributed by atoms with Crippen LogP contribution in [0, 0.1) is 11.3 Å². The molecule has 0 bridgehead atoms. The van der Waals surface area contributed by atoms with Crippen molar-refractivity contribution < 1.29 is 10.2 Å². The Morgan fingerprint density at radius 3 is 1.70 bits per heavy atom. The number of aliphatic hydroxyl groups is 2. The SMILES string of the molecule is CCCCCCCC(CC)C(CC)(CC)C(O)(O)CC. The van der Waals surface area contributed by atoms with Crippen molar-refractivity contribution in [3.8, 4) is 0 Å². The fraction of sp³-hybridized carbons (Fsp3) is 1.00. The summed E-state index contributed by atoms with van der Waals surface area (Å²) in [5.41, 5.74) is -0.346. The van der Waals surface area contributed by atoms with Gasteiger partial charge in [-0.1, -0.05) is 73.1 Å². The van der Waals surface area contributed by atoms with Crippen LogP contribution < -0.4 is 0 Å². The van der Waals surface area contributed by atoms with Crippen LogP contribution in [0.5, 0.6) is 0 Å². The topological polar surface area (TPSA) is 40.5 Å². The molecular formula is C18H38O2. The fourth-order valence-corrected chi connectivity index (χ4v) is 3.94. The fourth-order valence-electron chi connectivity index (χ4n) is 3.94. The molecule has 2 heteroatoms. The predicted molar refractivity (Wildman–Crippen MR) is 87.6 cm³/mol. The van der Waals surface area contributed by atoms with Crippen LogP contribution in [0.25, 0.3) is 0 Å². The summed E-state index contributed by atoms with van der Waals surface area (Å²) < 4.78 is 0. The van der Waals surface area contributed by atoms with E-state index in [1.165, 1.54) is 32.1 Å². The molecule has 0 aliphatic heterocycles. The van der Waals surface area contributed by atoms with Crippen molar-refractivity contribution in [3.05, 3.63) is 0 Å². The maximum atomic E-state index is 10.5. The molecule has 0 fully saturated rings. The normalized spacial score (nSPS) is 14.6. The zero-order chi connectivity index (χ0) is 15.6. The van der Waals surface area contributed by atoms with Gasteiger partial charge in [-0.25, -0.2) is 0 Å². The summed E-state index contributed by atoms with van der Waals surface area (Å²) in [4.78, 5) is 0. The Labute approximate surface area is 127 Å². The second-order valence-corrected chi connectivity index (χ2v) is 6.34. The van der Waals surface area contributed by atoms with Crippen molar-refractivity contribution in [2.75, 3.05) is 0 Å². The minimum absolute atomic E-state index is 0.346. The largest absolute Gasteiger partial charge is 0.365 e. The Kier molecular flexibility index (Phi) is 9.74.